The molecule has 0 saturated heterocycles. The van der Waals surface area contributed by atoms with Gasteiger partial charge >= 0.3 is 12.1 Å². The van der Waals surface area contributed by atoms with Gasteiger partial charge in [-0.3, -0.25) is 4.79 Å². The summed E-state index contributed by atoms with van der Waals surface area (Å²) in [5.74, 6) is -1.90. The standard InChI is InChI=1S/C26H21F3O5/c1-3-20(25(31)32-4-2)33-16-12-13-19-21(14-16)34-24(26(27,28)29)22(23(19)30)18-11-7-9-15-8-5-6-10-17(15)18/h5-14,20H,3-4H2,1-2H3/t20-/m1/s1. The molecule has 5 nitrogen and oxygen atoms in total. The van der Waals surface area contributed by atoms with Crippen molar-refractivity contribution < 1.29 is 31.9 Å². The van der Waals surface area contributed by atoms with E-state index in [4.69, 9.17) is 13.9 Å². The predicted octanol–water partition coefficient (Wildman–Crippen LogP) is 6.35. The molecular formula is C26H21F3O5. The van der Waals surface area contributed by atoms with Gasteiger partial charge in [-0.1, -0.05) is 49.4 Å². The third kappa shape index (κ3) is 4.35. The van der Waals surface area contributed by atoms with Crippen molar-refractivity contribution in [2.24, 2.45) is 0 Å². The molecule has 0 bridgehead atoms. The first-order chi connectivity index (χ1) is 16.2. The van der Waals surface area contributed by atoms with Gasteiger partial charge in [0.2, 0.25) is 11.2 Å². The summed E-state index contributed by atoms with van der Waals surface area (Å²) in [6, 6.07) is 15.6. The number of hydrogen-bond acceptors (Lipinski definition) is 5. The molecule has 0 aliphatic heterocycles. The lowest BCUT2D eigenvalue weighted by molar-refractivity contribution is -0.152. The second-order valence-corrected chi connectivity index (χ2v) is 7.58. The number of fused-ring (bicyclic) bond motifs is 2. The largest absolute Gasteiger partial charge is 0.479 e. The number of hydrogen-bond donors (Lipinski definition) is 0. The van der Waals surface area contributed by atoms with Gasteiger partial charge in [0.1, 0.15) is 11.3 Å². The van der Waals surface area contributed by atoms with Crippen molar-refractivity contribution in [3.63, 3.8) is 0 Å². The number of alkyl halides is 3. The number of benzene rings is 3. The Hall–Kier alpha value is -3.81. The number of halogens is 3. The van der Waals surface area contributed by atoms with E-state index in [1.165, 1.54) is 24.3 Å². The molecule has 4 rings (SSSR count). The summed E-state index contributed by atoms with van der Waals surface area (Å²) in [6.07, 6.45) is -5.58. The second kappa shape index (κ2) is 9.21. The highest BCUT2D eigenvalue weighted by atomic mass is 19.4. The van der Waals surface area contributed by atoms with Crippen LogP contribution in [0.1, 0.15) is 26.0 Å². The first-order valence-electron chi connectivity index (χ1n) is 10.7. The summed E-state index contributed by atoms with van der Waals surface area (Å²) in [4.78, 5) is 25.4. The monoisotopic (exact) mass is 470 g/mol. The molecule has 1 aromatic heterocycles. The maximum atomic E-state index is 14.1. The van der Waals surface area contributed by atoms with Gasteiger partial charge in [0.25, 0.3) is 0 Å². The molecule has 0 radical (unpaired) electrons. The topological polar surface area (TPSA) is 65.7 Å². The van der Waals surface area contributed by atoms with Crippen LogP contribution in [0.4, 0.5) is 13.2 Å². The van der Waals surface area contributed by atoms with E-state index in [-0.39, 0.29) is 35.3 Å². The fourth-order valence-corrected chi connectivity index (χ4v) is 3.83. The lowest BCUT2D eigenvalue weighted by Crippen LogP contribution is -2.28. The minimum Gasteiger partial charge on any atom is -0.479 e. The lowest BCUT2D eigenvalue weighted by atomic mass is 9.96. The minimum absolute atomic E-state index is 0.0348. The van der Waals surface area contributed by atoms with E-state index in [9.17, 15) is 22.8 Å². The van der Waals surface area contributed by atoms with E-state index >= 15 is 0 Å². The zero-order chi connectivity index (χ0) is 24.5. The number of carbonyl (C=O) groups is 1. The zero-order valence-corrected chi connectivity index (χ0v) is 18.4. The molecule has 8 heteroatoms. The number of carbonyl (C=O) groups excluding carboxylic acids is 1. The summed E-state index contributed by atoms with van der Waals surface area (Å²) >= 11 is 0. The smallest absolute Gasteiger partial charge is 0.450 e. The van der Waals surface area contributed by atoms with Crippen LogP contribution in [-0.2, 0) is 15.7 Å². The van der Waals surface area contributed by atoms with E-state index in [0.717, 1.165) is 0 Å². The highest BCUT2D eigenvalue weighted by Gasteiger charge is 2.39. The molecule has 0 fully saturated rings. The van der Waals surface area contributed by atoms with E-state index in [0.29, 0.717) is 10.8 Å². The second-order valence-electron chi connectivity index (χ2n) is 7.58. The Kier molecular flexibility index (Phi) is 6.32. The maximum absolute atomic E-state index is 14.1. The Morgan fingerprint density at radius 3 is 2.44 bits per heavy atom. The normalized spacial score (nSPS) is 12.6. The number of rotatable bonds is 6. The van der Waals surface area contributed by atoms with Crippen LogP contribution in [0.3, 0.4) is 0 Å². The van der Waals surface area contributed by atoms with Crippen LogP contribution in [0.25, 0.3) is 32.9 Å². The lowest BCUT2D eigenvalue weighted by Gasteiger charge is -2.17. The van der Waals surface area contributed by atoms with Crippen molar-refractivity contribution in [1.82, 2.24) is 0 Å². The van der Waals surface area contributed by atoms with Gasteiger partial charge in [-0.05, 0) is 41.8 Å². The molecule has 4 aromatic rings. The van der Waals surface area contributed by atoms with Gasteiger partial charge in [-0.2, -0.15) is 13.2 Å². The minimum atomic E-state index is -4.92. The van der Waals surface area contributed by atoms with Gasteiger partial charge in [0.15, 0.2) is 6.10 Å². The Morgan fingerprint density at radius 1 is 1.00 bits per heavy atom. The van der Waals surface area contributed by atoms with Crippen LogP contribution >= 0.6 is 0 Å². The van der Waals surface area contributed by atoms with Gasteiger partial charge in [0.05, 0.1) is 17.6 Å². The quantitative estimate of drug-likeness (QED) is 0.307. The van der Waals surface area contributed by atoms with Gasteiger partial charge in [-0.15, -0.1) is 0 Å². The fraction of sp³-hybridized carbons (Fsp3) is 0.231. The van der Waals surface area contributed by atoms with Gasteiger partial charge in [0, 0.05) is 6.07 Å². The van der Waals surface area contributed by atoms with Crippen molar-refractivity contribution in [2.75, 3.05) is 6.61 Å². The molecule has 0 amide bonds. The molecule has 0 aliphatic rings. The summed E-state index contributed by atoms with van der Waals surface area (Å²) in [5, 5.41) is 1.16. The molecule has 3 aromatic carbocycles. The number of esters is 1. The van der Waals surface area contributed by atoms with E-state index < -0.39 is 35.0 Å². The molecule has 1 heterocycles. The molecule has 0 unspecified atom stereocenters. The maximum Gasteiger partial charge on any atom is 0.450 e. The zero-order valence-electron chi connectivity index (χ0n) is 18.4. The molecular weight excluding hydrogens is 449 g/mol. The molecule has 0 aliphatic carbocycles. The van der Waals surface area contributed by atoms with Crippen molar-refractivity contribution in [3.8, 4) is 16.9 Å². The first kappa shape index (κ1) is 23.4. The first-order valence-corrected chi connectivity index (χ1v) is 10.7. The average Bonchev–Trinajstić information content (AvgIpc) is 2.81. The van der Waals surface area contributed by atoms with Gasteiger partial charge in [-0.25, -0.2) is 4.79 Å². The molecule has 0 saturated carbocycles. The molecule has 1 atom stereocenters. The summed E-state index contributed by atoms with van der Waals surface area (Å²) in [7, 11) is 0. The summed E-state index contributed by atoms with van der Waals surface area (Å²) < 4.78 is 58.1. The van der Waals surface area contributed by atoms with Crippen molar-refractivity contribution in [1.29, 1.82) is 0 Å². The van der Waals surface area contributed by atoms with Crippen LogP contribution in [0, 0.1) is 0 Å². The Labute approximate surface area is 192 Å². The third-order valence-corrected chi connectivity index (χ3v) is 5.38. The Morgan fingerprint density at radius 2 is 1.74 bits per heavy atom. The van der Waals surface area contributed by atoms with Crippen molar-refractivity contribution >= 4 is 27.7 Å². The van der Waals surface area contributed by atoms with E-state index in [2.05, 4.69) is 0 Å². The summed E-state index contributed by atoms with van der Waals surface area (Å²) in [5.41, 5.74) is -1.52. The van der Waals surface area contributed by atoms with Crippen LogP contribution in [-0.4, -0.2) is 18.7 Å². The molecule has 176 valence electrons. The predicted molar refractivity (Wildman–Crippen MR) is 122 cm³/mol. The molecule has 34 heavy (non-hydrogen) atoms. The molecule has 0 spiro atoms. The van der Waals surface area contributed by atoms with Crippen LogP contribution in [0.15, 0.2) is 69.9 Å². The van der Waals surface area contributed by atoms with Crippen LogP contribution < -0.4 is 10.2 Å². The Balaban J connectivity index is 1.90. The van der Waals surface area contributed by atoms with E-state index in [1.54, 1.807) is 50.2 Å². The highest BCUT2D eigenvalue weighted by Crippen LogP contribution is 2.39. The average molecular weight is 470 g/mol. The Bertz CT molecular complexity index is 1420. The van der Waals surface area contributed by atoms with Crippen LogP contribution in [0.2, 0.25) is 0 Å². The van der Waals surface area contributed by atoms with Gasteiger partial charge < -0.3 is 13.9 Å². The van der Waals surface area contributed by atoms with Crippen molar-refractivity contribution in [3.05, 3.63) is 76.6 Å². The summed E-state index contributed by atoms with van der Waals surface area (Å²) in [6.45, 7) is 3.53. The highest BCUT2D eigenvalue weighted by molar-refractivity contribution is 5.98. The van der Waals surface area contributed by atoms with E-state index in [1.807, 2.05) is 0 Å². The fourth-order valence-electron chi connectivity index (χ4n) is 3.83. The SMILES string of the molecule is CCOC(=O)[C@@H](CC)Oc1ccc2c(=O)c(-c3cccc4ccccc34)c(C(F)(F)F)oc2c1. The number of ether oxygens (including phenoxy) is 2. The third-order valence-electron chi connectivity index (χ3n) is 5.38. The van der Waals surface area contributed by atoms with Crippen LogP contribution in [0.5, 0.6) is 5.75 Å². The molecule has 0 N–H and O–H groups in total. The van der Waals surface area contributed by atoms with Crippen molar-refractivity contribution in [2.45, 2.75) is 32.5 Å².